The number of hydrogen-bond acceptors (Lipinski definition) is 5. The summed E-state index contributed by atoms with van der Waals surface area (Å²) in [6.07, 6.45) is 0. The topological polar surface area (TPSA) is 13.0 Å². The first-order valence-electron chi connectivity index (χ1n) is 23.3. The van der Waals surface area contributed by atoms with Gasteiger partial charge in [-0.15, -0.1) is 0 Å². The zero-order valence-electron chi connectivity index (χ0n) is 37.8. The highest BCUT2D eigenvalue weighted by molar-refractivity contribution is 7.99. The molecule has 4 nitrogen and oxygen atoms in total. The van der Waals surface area contributed by atoms with Gasteiger partial charge in [0.2, 0.25) is 0 Å². The van der Waals surface area contributed by atoms with E-state index >= 15 is 0 Å². The van der Waals surface area contributed by atoms with E-state index in [-0.39, 0.29) is 5.41 Å². The van der Waals surface area contributed by atoms with Crippen LogP contribution >= 0.6 is 11.8 Å². The number of hydrogen-bond donors (Lipinski definition) is 0. The van der Waals surface area contributed by atoms with Crippen molar-refractivity contribution < 1.29 is 0 Å². The molecule has 0 saturated carbocycles. The fourth-order valence-corrected chi connectivity index (χ4v) is 11.8. The zero-order valence-corrected chi connectivity index (χ0v) is 38.6. The van der Waals surface area contributed by atoms with Crippen molar-refractivity contribution in [3.63, 3.8) is 0 Å². The van der Waals surface area contributed by atoms with Crippen LogP contribution in [0.4, 0.5) is 68.2 Å². The summed E-state index contributed by atoms with van der Waals surface area (Å²) >= 11 is 1.84. The van der Waals surface area contributed by atoms with E-state index in [4.69, 9.17) is 0 Å². The van der Waals surface area contributed by atoms with Gasteiger partial charge in [-0.1, -0.05) is 147 Å². The summed E-state index contributed by atoms with van der Waals surface area (Å²) < 4.78 is 0. The van der Waals surface area contributed by atoms with Crippen LogP contribution in [-0.2, 0) is 5.41 Å². The second-order valence-corrected chi connectivity index (χ2v) is 19.3. The fraction of sp³-hybridized carbons (Fsp3) is 0.0476. The highest BCUT2D eigenvalue weighted by Crippen LogP contribution is 2.56. The molecule has 2 heterocycles. The fourth-order valence-electron chi connectivity index (χ4n) is 10.7. The summed E-state index contributed by atoms with van der Waals surface area (Å²) in [5.74, 6) is 0. The quantitative estimate of drug-likeness (QED) is 0.158. The molecule has 0 aromatic heterocycles. The molecule has 13 rings (SSSR count). The molecular formula is C63H46N4S. The molecule has 0 bridgehead atoms. The molecule has 3 aliphatic rings. The van der Waals surface area contributed by atoms with Crippen molar-refractivity contribution in [2.45, 2.75) is 29.1 Å². The Morgan fingerprint density at radius 3 is 1.40 bits per heavy atom. The summed E-state index contributed by atoms with van der Waals surface area (Å²) in [5.41, 5.74) is 21.1. The van der Waals surface area contributed by atoms with Gasteiger partial charge in [-0.05, 0) is 155 Å². The van der Waals surface area contributed by atoms with Crippen LogP contribution in [0.3, 0.4) is 0 Å². The Morgan fingerprint density at radius 1 is 0.324 bits per heavy atom. The van der Waals surface area contributed by atoms with Crippen LogP contribution < -0.4 is 19.6 Å². The maximum atomic E-state index is 2.42. The molecule has 0 N–H and O–H groups in total. The average Bonchev–Trinajstić information content (AvgIpc) is 3.63. The molecule has 324 valence electrons. The Bertz CT molecular complexity index is 3490. The molecule has 68 heavy (non-hydrogen) atoms. The molecule has 0 fully saturated rings. The maximum Gasteiger partial charge on any atom is 0.0709 e. The highest BCUT2D eigenvalue weighted by Gasteiger charge is 2.36. The van der Waals surface area contributed by atoms with E-state index in [1.165, 1.54) is 43.4 Å². The lowest BCUT2D eigenvalue weighted by molar-refractivity contribution is 0.660. The van der Waals surface area contributed by atoms with Gasteiger partial charge >= 0.3 is 0 Å². The summed E-state index contributed by atoms with van der Waals surface area (Å²) in [6, 6.07) is 88.6. The molecule has 10 aromatic carbocycles. The molecular weight excluding hydrogens is 845 g/mol. The van der Waals surface area contributed by atoms with Crippen molar-refractivity contribution in [1.29, 1.82) is 0 Å². The van der Waals surface area contributed by atoms with Gasteiger partial charge in [0.05, 0.1) is 34.1 Å². The minimum Gasteiger partial charge on any atom is -0.310 e. The van der Waals surface area contributed by atoms with Crippen LogP contribution in [-0.4, -0.2) is 0 Å². The van der Waals surface area contributed by atoms with E-state index in [9.17, 15) is 0 Å². The number of anilines is 12. The number of para-hydroxylation sites is 6. The number of fused-ring (bicyclic) bond motifs is 7. The van der Waals surface area contributed by atoms with E-state index in [1.54, 1.807) is 0 Å². The lowest BCUT2D eigenvalue weighted by Crippen LogP contribution is -2.24. The van der Waals surface area contributed by atoms with Gasteiger partial charge in [-0.3, -0.25) is 0 Å². The number of rotatable bonds is 7. The molecule has 10 aromatic rings. The first-order chi connectivity index (χ1) is 33.5. The average molecular weight is 891 g/mol. The molecule has 2 aliphatic heterocycles. The van der Waals surface area contributed by atoms with Crippen LogP contribution in [0.25, 0.3) is 22.3 Å². The lowest BCUT2D eigenvalue weighted by Gasteiger charge is -2.40. The molecule has 0 unspecified atom stereocenters. The van der Waals surface area contributed by atoms with Gasteiger partial charge in [0.15, 0.2) is 0 Å². The van der Waals surface area contributed by atoms with Crippen LogP contribution in [0.5, 0.6) is 0 Å². The Kier molecular flexibility index (Phi) is 9.41. The summed E-state index contributed by atoms with van der Waals surface area (Å²) in [6.45, 7) is 4.72. The van der Waals surface area contributed by atoms with Crippen molar-refractivity contribution in [3.8, 4) is 22.3 Å². The third kappa shape index (κ3) is 6.45. The van der Waals surface area contributed by atoms with Crippen molar-refractivity contribution in [2.75, 3.05) is 19.6 Å². The van der Waals surface area contributed by atoms with Gasteiger partial charge in [0.1, 0.15) is 0 Å². The van der Waals surface area contributed by atoms with E-state index in [2.05, 4.69) is 276 Å². The van der Waals surface area contributed by atoms with Crippen LogP contribution in [0, 0.1) is 0 Å². The summed E-state index contributed by atoms with van der Waals surface area (Å²) in [7, 11) is 0. The largest absolute Gasteiger partial charge is 0.310 e. The molecule has 0 amide bonds. The van der Waals surface area contributed by atoms with Crippen LogP contribution in [0.15, 0.2) is 252 Å². The van der Waals surface area contributed by atoms with Crippen molar-refractivity contribution in [3.05, 3.63) is 254 Å². The zero-order chi connectivity index (χ0) is 45.3. The minimum atomic E-state index is -0.134. The molecule has 0 saturated heterocycles. The first-order valence-corrected chi connectivity index (χ1v) is 24.2. The van der Waals surface area contributed by atoms with Gasteiger partial charge in [0.25, 0.3) is 0 Å². The van der Waals surface area contributed by atoms with Crippen molar-refractivity contribution >= 4 is 80.0 Å². The highest BCUT2D eigenvalue weighted by atomic mass is 32.2. The minimum absolute atomic E-state index is 0.134. The molecule has 5 heteroatoms. The third-order valence-corrected chi connectivity index (χ3v) is 15.1. The van der Waals surface area contributed by atoms with E-state index in [0.717, 1.165) is 68.0 Å². The smallest absolute Gasteiger partial charge is 0.0709 e. The molecule has 0 radical (unpaired) electrons. The van der Waals surface area contributed by atoms with Crippen molar-refractivity contribution in [1.82, 2.24) is 0 Å². The standard InChI is InChI=1S/C63H46N4S/c1-63(2)53-22-10-9-21-51(53)52-39-38-50(42-54(52)63)64(48-34-36-49(37-35-48)67-58-25-13-15-27-61(58)68-62-28-16-14-26-59(62)67)47-32-29-43(30-33-47)44-31-40-57-60(41-44)66(46-19-7-4-8-20-46)56-24-12-11-23-55(56)65(57)45-17-5-3-6-18-45/h3-42H,1-2H3. The monoisotopic (exact) mass is 890 g/mol. The number of benzene rings is 10. The van der Waals surface area contributed by atoms with Crippen LogP contribution in [0.2, 0.25) is 0 Å². The van der Waals surface area contributed by atoms with E-state index in [0.29, 0.717) is 0 Å². The molecule has 0 atom stereocenters. The Hall–Kier alpha value is -8.25. The predicted octanol–water partition coefficient (Wildman–Crippen LogP) is 18.3. The summed E-state index contributed by atoms with van der Waals surface area (Å²) in [5, 5.41) is 0. The van der Waals surface area contributed by atoms with E-state index in [1.807, 2.05) is 11.8 Å². The normalized spacial score (nSPS) is 13.7. The second kappa shape index (κ2) is 16.0. The van der Waals surface area contributed by atoms with Crippen LogP contribution in [0.1, 0.15) is 25.0 Å². The molecule has 0 spiro atoms. The van der Waals surface area contributed by atoms with Gasteiger partial charge in [0, 0.05) is 49.3 Å². The Balaban J connectivity index is 0.919. The first kappa shape index (κ1) is 40.1. The van der Waals surface area contributed by atoms with Gasteiger partial charge < -0.3 is 19.6 Å². The second-order valence-electron chi connectivity index (χ2n) is 18.2. The Labute approximate surface area is 402 Å². The Morgan fingerprint density at radius 2 is 0.765 bits per heavy atom. The molecule has 1 aliphatic carbocycles. The van der Waals surface area contributed by atoms with Crippen molar-refractivity contribution in [2.24, 2.45) is 0 Å². The third-order valence-electron chi connectivity index (χ3n) is 13.9. The SMILES string of the molecule is CC1(C)c2ccccc2-c2ccc(N(c3ccc(-c4ccc5c(c4)N(c4ccccc4)c4ccccc4N5c4ccccc4)cc3)c3ccc(N4c5ccccc5Sc5ccccc54)cc3)cc21. The predicted molar refractivity (Wildman–Crippen MR) is 286 cm³/mol. The maximum absolute atomic E-state index is 2.42. The number of nitrogens with zero attached hydrogens (tertiary/aromatic N) is 4. The van der Waals surface area contributed by atoms with Gasteiger partial charge in [-0.25, -0.2) is 0 Å². The van der Waals surface area contributed by atoms with E-state index < -0.39 is 0 Å². The summed E-state index contributed by atoms with van der Waals surface area (Å²) in [4.78, 5) is 12.1. The van der Waals surface area contributed by atoms with Gasteiger partial charge in [-0.2, -0.15) is 0 Å². The lowest BCUT2D eigenvalue weighted by atomic mass is 9.82.